The number of rotatable bonds is 8. The molecule has 1 saturated carbocycles. The number of hydrogen-bond donors (Lipinski definition) is 0. The summed E-state index contributed by atoms with van der Waals surface area (Å²) in [6.07, 6.45) is 4.69. The van der Waals surface area contributed by atoms with Crippen LogP contribution in [0.25, 0.3) is 0 Å². The van der Waals surface area contributed by atoms with E-state index in [4.69, 9.17) is 21.1 Å². The molecular formula is C29H37ClN2O4. The Labute approximate surface area is 219 Å². The third-order valence-corrected chi connectivity index (χ3v) is 7.55. The zero-order chi connectivity index (χ0) is 25.8. The predicted molar refractivity (Wildman–Crippen MR) is 142 cm³/mol. The Bertz CT molecular complexity index is 1060. The molecule has 1 aliphatic carbocycles. The number of halogens is 1. The number of carbonyl (C=O) groups is 2. The Kier molecular flexibility index (Phi) is 8.45. The Balaban J connectivity index is 1.65. The molecule has 4 rings (SSSR count). The molecular weight excluding hydrogens is 476 g/mol. The van der Waals surface area contributed by atoms with Crippen molar-refractivity contribution in [2.75, 3.05) is 20.2 Å². The summed E-state index contributed by atoms with van der Waals surface area (Å²) in [5, 5.41) is 0.675. The topological polar surface area (TPSA) is 59.1 Å². The number of nitrogens with zero attached hydrogens (tertiary/aromatic N) is 2. The zero-order valence-electron chi connectivity index (χ0n) is 21.7. The number of piperazine rings is 1. The van der Waals surface area contributed by atoms with Gasteiger partial charge < -0.3 is 19.3 Å². The van der Waals surface area contributed by atoms with Gasteiger partial charge in [0.1, 0.15) is 12.6 Å². The number of ether oxygens (including phenoxy) is 2. The highest BCUT2D eigenvalue weighted by Gasteiger charge is 2.43. The fourth-order valence-corrected chi connectivity index (χ4v) is 5.42. The average molecular weight is 513 g/mol. The summed E-state index contributed by atoms with van der Waals surface area (Å²) in [5.41, 5.74) is 1.81. The number of benzene rings is 2. The molecule has 2 aromatic carbocycles. The summed E-state index contributed by atoms with van der Waals surface area (Å²) >= 11 is 6.04. The third-order valence-electron chi connectivity index (χ3n) is 7.30. The van der Waals surface area contributed by atoms with Crippen LogP contribution in [0.2, 0.25) is 5.02 Å². The van der Waals surface area contributed by atoms with E-state index in [0.717, 1.165) is 36.8 Å². The van der Waals surface area contributed by atoms with Gasteiger partial charge in [-0.1, -0.05) is 36.7 Å². The van der Waals surface area contributed by atoms with Crippen molar-refractivity contribution in [2.24, 2.45) is 5.92 Å². The van der Waals surface area contributed by atoms with Crippen molar-refractivity contribution in [3.8, 4) is 11.5 Å². The summed E-state index contributed by atoms with van der Waals surface area (Å²) < 4.78 is 11.5. The lowest BCUT2D eigenvalue weighted by molar-refractivity contribution is -0.159. The second-order valence-electron chi connectivity index (χ2n) is 10.3. The summed E-state index contributed by atoms with van der Waals surface area (Å²) in [6, 6.07) is 12.6. The maximum Gasteiger partial charge on any atom is 0.250 e. The summed E-state index contributed by atoms with van der Waals surface area (Å²) in [7, 11) is 1.59. The molecule has 2 aliphatic rings. The van der Waals surface area contributed by atoms with Crippen molar-refractivity contribution in [3.63, 3.8) is 0 Å². The van der Waals surface area contributed by atoms with Gasteiger partial charge in [-0.15, -0.1) is 0 Å². The van der Waals surface area contributed by atoms with E-state index in [9.17, 15) is 9.59 Å². The minimum absolute atomic E-state index is 0.00941. The van der Waals surface area contributed by atoms with E-state index < -0.39 is 6.04 Å². The van der Waals surface area contributed by atoms with Gasteiger partial charge in [-0.05, 0) is 87.3 Å². The van der Waals surface area contributed by atoms with Gasteiger partial charge in [-0.2, -0.15) is 0 Å². The van der Waals surface area contributed by atoms with Crippen LogP contribution < -0.4 is 9.47 Å². The molecule has 194 valence electrons. The standard InChI is InChI=1S/C29H37ClN2O4/c1-19(2)36-25-14-9-22(17-26(25)35-4)28-29(34)32(24-12-5-20(3)6-13-24)18-27(33)31(28)16-15-21-7-10-23(30)11-8-21/h7-11,14,17,19-20,24,28H,5-6,12-13,15-16,18H2,1-4H3/t20?,24?,28-/m1/s1. The minimum Gasteiger partial charge on any atom is -0.493 e. The fraction of sp³-hybridized carbons (Fsp3) is 0.517. The van der Waals surface area contributed by atoms with Crippen LogP contribution in [0.1, 0.15) is 63.6 Å². The fourth-order valence-electron chi connectivity index (χ4n) is 5.29. The molecule has 1 aliphatic heterocycles. The lowest BCUT2D eigenvalue weighted by atomic mass is 9.85. The highest BCUT2D eigenvalue weighted by atomic mass is 35.5. The molecule has 0 N–H and O–H groups in total. The Hall–Kier alpha value is -2.73. The molecule has 0 bridgehead atoms. The first-order valence-electron chi connectivity index (χ1n) is 13.0. The number of carbonyl (C=O) groups excluding carboxylic acids is 2. The van der Waals surface area contributed by atoms with E-state index in [1.54, 1.807) is 12.0 Å². The van der Waals surface area contributed by atoms with Crippen molar-refractivity contribution in [3.05, 3.63) is 58.6 Å². The molecule has 1 heterocycles. The minimum atomic E-state index is -0.695. The Morgan fingerprint density at radius 2 is 1.69 bits per heavy atom. The summed E-state index contributed by atoms with van der Waals surface area (Å²) in [5.74, 6) is 1.82. The van der Waals surface area contributed by atoms with Gasteiger partial charge in [0.25, 0.3) is 5.91 Å². The monoisotopic (exact) mass is 512 g/mol. The molecule has 0 radical (unpaired) electrons. The van der Waals surface area contributed by atoms with Crippen molar-refractivity contribution in [1.82, 2.24) is 9.80 Å². The Morgan fingerprint density at radius 3 is 2.33 bits per heavy atom. The molecule has 0 aromatic heterocycles. The quantitative estimate of drug-likeness (QED) is 0.457. The third kappa shape index (κ3) is 5.97. The summed E-state index contributed by atoms with van der Waals surface area (Å²) in [6.45, 7) is 6.75. The van der Waals surface area contributed by atoms with Crippen LogP contribution in [0.15, 0.2) is 42.5 Å². The number of amides is 2. The van der Waals surface area contributed by atoms with Crippen LogP contribution in [0.4, 0.5) is 0 Å². The lowest BCUT2D eigenvalue weighted by Gasteiger charge is -2.45. The van der Waals surface area contributed by atoms with Crippen molar-refractivity contribution < 1.29 is 19.1 Å². The van der Waals surface area contributed by atoms with Gasteiger partial charge >= 0.3 is 0 Å². The van der Waals surface area contributed by atoms with Gasteiger partial charge in [0, 0.05) is 17.6 Å². The zero-order valence-corrected chi connectivity index (χ0v) is 22.5. The van der Waals surface area contributed by atoms with Gasteiger partial charge in [0.05, 0.1) is 13.2 Å². The van der Waals surface area contributed by atoms with Crippen LogP contribution >= 0.6 is 11.6 Å². The van der Waals surface area contributed by atoms with Gasteiger partial charge in [-0.3, -0.25) is 9.59 Å². The normalized spacial score (nSPS) is 22.8. The van der Waals surface area contributed by atoms with Crippen LogP contribution in [0.3, 0.4) is 0 Å². The molecule has 1 saturated heterocycles. The SMILES string of the molecule is COc1cc([C@@H]2C(=O)N(C3CCC(C)CC3)CC(=O)N2CCc2ccc(Cl)cc2)ccc1OC(C)C. The van der Waals surface area contributed by atoms with Crippen LogP contribution in [0.5, 0.6) is 11.5 Å². The first kappa shape index (κ1) is 26.3. The summed E-state index contributed by atoms with van der Waals surface area (Å²) in [4.78, 5) is 31.1. The van der Waals surface area contributed by atoms with Gasteiger partial charge in [0.15, 0.2) is 11.5 Å². The molecule has 2 amide bonds. The van der Waals surface area contributed by atoms with E-state index in [-0.39, 0.29) is 30.5 Å². The van der Waals surface area contributed by atoms with Crippen LogP contribution in [0, 0.1) is 5.92 Å². The maximum atomic E-state index is 14.0. The first-order valence-corrected chi connectivity index (χ1v) is 13.3. The van der Waals surface area contributed by atoms with E-state index in [2.05, 4.69) is 6.92 Å². The van der Waals surface area contributed by atoms with E-state index in [1.807, 2.05) is 61.2 Å². The highest BCUT2D eigenvalue weighted by molar-refractivity contribution is 6.30. The van der Waals surface area contributed by atoms with E-state index in [1.165, 1.54) is 0 Å². The average Bonchev–Trinajstić information content (AvgIpc) is 2.86. The highest BCUT2D eigenvalue weighted by Crippen LogP contribution is 2.37. The second kappa shape index (κ2) is 11.5. The van der Waals surface area contributed by atoms with Gasteiger partial charge in [-0.25, -0.2) is 0 Å². The molecule has 7 heteroatoms. The van der Waals surface area contributed by atoms with Crippen molar-refractivity contribution in [2.45, 2.75) is 71.1 Å². The predicted octanol–water partition coefficient (Wildman–Crippen LogP) is 5.67. The van der Waals surface area contributed by atoms with Crippen LogP contribution in [-0.2, 0) is 16.0 Å². The molecule has 1 atom stereocenters. The molecule has 6 nitrogen and oxygen atoms in total. The number of methoxy groups -OCH3 is 1. The maximum absolute atomic E-state index is 14.0. The molecule has 2 aromatic rings. The second-order valence-corrected chi connectivity index (χ2v) is 10.8. The van der Waals surface area contributed by atoms with E-state index >= 15 is 0 Å². The largest absolute Gasteiger partial charge is 0.493 e. The number of hydrogen-bond acceptors (Lipinski definition) is 4. The molecule has 0 spiro atoms. The van der Waals surface area contributed by atoms with Crippen molar-refractivity contribution in [1.29, 1.82) is 0 Å². The smallest absolute Gasteiger partial charge is 0.250 e. The molecule has 2 fully saturated rings. The molecule has 36 heavy (non-hydrogen) atoms. The van der Waals surface area contributed by atoms with Crippen LogP contribution in [-0.4, -0.2) is 54.0 Å². The van der Waals surface area contributed by atoms with Crippen molar-refractivity contribution >= 4 is 23.4 Å². The van der Waals surface area contributed by atoms with E-state index in [0.29, 0.717) is 35.4 Å². The molecule has 0 unspecified atom stereocenters. The lowest BCUT2D eigenvalue weighted by Crippen LogP contribution is -2.59. The first-order chi connectivity index (χ1) is 17.3. The Morgan fingerprint density at radius 1 is 1.00 bits per heavy atom. The van der Waals surface area contributed by atoms with Gasteiger partial charge in [0.2, 0.25) is 5.91 Å².